The van der Waals surface area contributed by atoms with E-state index in [1.165, 1.54) is 16.4 Å². The molecule has 0 atom stereocenters. The van der Waals surface area contributed by atoms with Crippen molar-refractivity contribution < 1.29 is 18.0 Å². The van der Waals surface area contributed by atoms with Gasteiger partial charge in [-0.05, 0) is 63.9 Å². The molecule has 0 unspecified atom stereocenters. The highest BCUT2D eigenvalue weighted by atomic mass is 32.2. The van der Waals surface area contributed by atoms with Crippen molar-refractivity contribution in [1.29, 1.82) is 0 Å². The second-order valence-corrected chi connectivity index (χ2v) is 9.78. The van der Waals surface area contributed by atoms with E-state index < -0.39 is 10.0 Å². The van der Waals surface area contributed by atoms with E-state index >= 15 is 0 Å². The van der Waals surface area contributed by atoms with Crippen LogP contribution < -0.4 is 4.84 Å². The Kier molecular flexibility index (Phi) is 6.42. The number of carbonyl (C=O) groups excluding carboxylic acids is 1. The number of amides is 1. The summed E-state index contributed by atoms with van der Waals surface area (Å²) in [6, 6.07) is 4.73. The second kappa shape index (κ2) is 8.66. The Hall–Kier alpha value is -2.20. The number of benzene rings is 1. The molecule has 0 radical (unpaired) electrons. The SMILES string of the molecule is CC(C)N(C(=O)COn1nnc2ccc(S(=O)(=O)N3CCCCC3)cc21)C(C)C. The molecule has 1 amide bonds. The van der Waals surface area contributed by atoms with E-state index in [1.807, 2.05) is 27.7 Å². The minimum absolute atomic E-state index is 0.0416. The molecule has 0 spiro atoms. The maximum atomic E-state index is 12.9. The average Bonchev–Trinajstić information content (AvgIpc) is 3.08. The summed E-state index contributed by atoms with van der Waals surface area (Å²) in [6.07, 6.45) is 2.79. The van der Waals surface area contributed by atoms with Crippen LogP contribution in [0.5, 0.6) is 0 Å². The number of hydrogen-bond acceptors (Lipinski definition) is 6. The van der Waals surface area contributed by atoms with E-state index in [0.717, 1.165) is 24.1 Å². The first kappa shape index (κ1) is 21.5. The zero-order valence-corrected chi connectivity index (χ0v) is 18.2. The molecule has 1 aromatic carbocycles. The third kappa shape index (κ3) is 4.53. The third-order valence-corrected chi connectivity index (χ3v) is 6.95. The molecule has 0 N–H and O–H groups in total. The monoisotopic (exact) mass is 423 g/mol. The van der Waals surface area contributed by atoms with Crippen LogP contribution in [0.2, 0.25) is 0 Å². The number of sulfonamides is 1. The third-order valence-electron chi connectivity index (χ3n) is 5.05. The Balaban J connectivity index is 1.82. The van der Waals surface area contributed by atoms with Gasteiger partial charge >= 0.3 is 0 Å². The largest absolute Gasteiger partial charge is 0.385 e. The van der Waals surface area contributed by atoms with Gasteiger partial charge in [0, 0.05) is 25.2 Å². The lowest BCUT2D eigenvalue weighted by Gasteiger charge is -2.30. The van der Waals surface area contributed by atoms with Crippen LogP contribution in [0.1, 0.15) is 47.0 Å². The van der Waals surface area contributed by atoms with Gasteiger partial charge in [-0.15, -0.1) is 5.10 Å². The van der Waals surface area contributed by atoms with Crippen LogP contribution in [0.4, 0.5) is 0 Å². The molecular weight excluding hydrogens is 394 g/mol. The zero-order valence-electron chi connectivity index (χ0n) is 17.4. The van der Waals surface area contributed by atoms with Gasteiger partial charge in [0.05, 0.1) is 4.90 Å². The van der Waals surface area contributed by atoms with Crippen LogP contribution in [-0.2, 0) is 14.8 Å². The summed E-state index contributed by atoms with van der Waals surface area (Å²) in [5.74, 6) is -0.171. The van der Waals surface area contributed by atoms with Crippen LogP contribution in [0.3, 0.4) is 0 Å². The molecule has 1 saturated heterocycles. The fourth-order valence-corrected chi connectivity index (χ4v) is 5.29. The van der Waals surface area contributed by atoms with E-state index in [2.05, 4.69) is 10.3 Å². The fraction of sp³-hybridized carbons (Fsp3) is 0.632. The van der Waals surface area contributed by atoms with Gasteiger partial charge in [0.25, 0.3) is 5.91 Å². The van der Waals surface area contributed by atoms with Crippen LogP contribution in [-0.4, -0.2) is 70.5 Å². The van der Waals surface area contributed by atoms with Crippen molar-refractivity contribution in [2.75, 3.05) is 19.7 Å². The van der Waals surface area contributed by atoms with Crippen LogP contribution >= 0.6 is 0 Å². The minimum Gasteiger partial charge on any atom is -0.385 e. The van der Waals surface area contributed by atoms with Crippen molar-refractivity contribution in [1.82, 2.24) is 24.4 Å². The maximum absolute atomic E-state index is 12.9. The minimum atomic E-state index is -3.58. The van der Waals surface area contributed by atoms with Crippen LogP contribution in [0.15, 0.2) is 23.1 Å². The Labute approximate surface area is 171 Å². The highest BCUT2D eigenvalue weighted by Crippen LogP contribution is 2.23. The molecule has 0 saturated carbocycles. The van der Waals surface area contributed by atoms with E-state index in [1.54, 1.807) is 11.0 Å². The highest BCUT2D eigenvalue weighted by Gasteiger charge is 2.27. The molecule has 0 aliphatic carbocycles. The fourth-order valence-electron chi connectivity index (χ4n) is 3.75. The number of fused-ring (bicyclic) bond motifs is 1. The van der Waals surface area contributed by atoms with Crippen molar-refractivity contribution in [2.24, 2.45) is 0 Å². The Morgan fingerprint density at radius 2 is 1.79 bits per heavy atom. The van der Waals surface area contributed by atoms with Gasteiger partial charge in [-0.2, -0.15) is 4.31 Å². The van der Waals surface area contributed by atoms with Crippen molar-refractivity contribution in [2.45, 2.75) is 63.9 Å². The lowest BCUT2D eigenvalue weighted by molar-refractivity contribution is -0.140. The molecule has 1 aliphatic rings. The molecule has 1 fully saturated rings. The Bertz CT molecular complexity index is 956. The Morgan fingerprint density at radius 3 is 2.41 bits per heavy atom. The van der Waals surface area contributed by atoms with Crippen LogP contribution in [0.25, 0.3) is 11.0 Å². The van der Waals surface area contributed by atoms with Gasteiger partial charge in [0.1, 0.15) is 11.0 Å². The molecule has 3 rings (SSSR count). The maximum Gasteiger partial charge on any atom is 0.263 e. The number of carbonyl (C=O) groups is 1. The smallest absolute Gasteiger partial charge is 0.263 e. The number of hydrogen-bond donors (Lipinski definition) is 0. The number of piperidine rings is 1. The van der Waals surface area contributed by atoms with Crippen molar-refractivity contribution >= 4 is 27.0 Å². The normalized spacial score (nSPS) is 15.9. The first-order chi connectivity index (χ1) is 13.7. The molecular formula is C19H29N5O4S. The summed E-state index contributed by atoms with van der Waals surface area (Å²) < 4.78 is 27.4. The summed E-state index contributed by atoms with van der Waals surface area (Å²) in [5.41, 5.74) is 0.913. The van der Waals surface area contributed by atoms with Gasteiger partial charge in [-0.3, -0.25) is 4.79 Å². The number of aromatic nitrogens is 3. The molecule has 160 valence electrons. The molecule has 10 heteroatoms. The van der Waals surface area contributed by atoms with Gasteiger partial charge in [0.2, 0.25) is 10.0 Å². The predicted octanol–water partition coefficient (Wildman–Crippen LogP) is 1.68. The first-order valence-corrected chi connectivity index (χ1v) is 11.5. The predicted molar refractivity (Wildman–Crippen MR) is 109 cm³/mol. The van der Waals surface area contributed by atoms with Gasteiger partial charge < -0.3 is 9.74 Å². The molecule has 2 aromatic rings. The van der Waals surface area contributed by atoms with Gasteiger partial charge in [0.15, 0.2) is 6.61 Å². The topological polar surface area (TPSA) is 97.6 Å². The standard InChI is InChI=1S/C19H29N5O4S/c1-14(2)23(15(3)4)19(25)13-28-24-18-12-16(8-9-17(18)20-21-24)29(26,27)22-10-6-5-7-11-22/h8-9,12,14-15H,5-7,10-11,13H2,1-4H3. The lowest BCUT2D eigenvalue weighted by Crippen LogP contribution is -2.45. The summed E-state index contributed by atoms with van der Waals surface area (Å²) >= 11 is 0. The Morgan fingerprint density at radius 1 is 1.14 bits per heavy atom. The zero-order chi connectivity index (χ0) is 21.2. The van der Waals surface area contributed by atoms with Crippen molar-refractivity contribution in [3.63, 3.8) is 0 Å². The number of rotatable bonds is 7. The van der Waals surface area contributed by atoms with Crippen molar-refractivity contribution in [3.05, 3.63) is 18.2 Å². The number of nitrogens with zero attached hydrogens (tertiary/aromatic N) is 5. The lowest BCUT2D eigenvalue weighted by atomic mass is 10.2. The van der Waals surface area contributed by atoms with E-state index in [-0.39, 0.29) is 29.5 Å². The van der Waals surface area contributed by atoms with E-state index in [4.69, 9.17) is 4.84 Å². The van der Waals surface area contributed by atoms with E-state index in [0.29, 0.717) is 24.1 Å². The average molecular weight is 424 g/mol. The molecule has 1 aromatic heterocycles. The molecule has 9 nitrogen and oxygen atoms in total. The van der Waals surface area contributed by atoms with Crippen molar-refractivity contribution in [3.8, 4) is 0 Å². The molecule has 0 bridgehead atoms. The van der Waals surface area contributed by atoms with Gasteiger partial charge in [-0.1, -0.05) is 11.3 Å². The first-order valence-electron chi connectivity index (χ1n) is 10.0. The molecule has 29 heavy (non-hydrogen) atoms. The molecule has 2 heterocycles. The summed E-state index contributed by atoms with van der Waals surface area (Å²) in [6.45, 7) is 8.63. The van der Waals surface area contributed by atoms with E-state index in [9.17, 15) is 13.2 Å². The molecule has 1 aliphatic heterocycles. The second-order valence-electron chi connectivity index (χ2n) is 7.84. The summed E-state index contributed by atoms with van der Waals surface area (Å²) in [5, 5.41) is 7.92. The summed E-state index contributed by atoms with van der Waals surface area (Å²) in [7, 11) is -3.58. The van der Waals surface area contributed by atoms with Crippen LogP contribution in [0, 0.1) is 0 Å². The highest BCUT2D eigenvalue weighted by molar-refractivity contribution is 7.89. The quantitative estimate of drug-likeness (QED) is 0.672. The summed E-state index contributed by atoms with van der Waals surface area (Å²) in [4.78, 5) is 21.1. The van der Waals surface area contributed by atoms with Gasteiger partial charge in [-0.25, -0.2) is 8.42 Å².